The maximum atomic E-state index is 11.7. The normalized spacial score (nSPS) is 11.5. The van der Waals surface area contributed by atoms with Crippen molar-refractivity contribution in [1.82, 2.24) is 4.37 Å². The number of nitrogens with two attached hydrogens (primary N) is 1. The van der Waals surface area contributed by atoms with Gasteiger partial charge in [-0.3, -0.25) is 0 Å². The van der Waals surface area contributed by atoms with Crippen molar-refractivity contribution in [3.05, 3.63) is 35.4 Å². The van der Waals surface area contributed by atoms with Gasteiger partial charge in [0.2, 0.25) is 0 Å². The highest BCUT2D eigenvalue weighted by Crippen LogP contribution is 2.31. The molecular weight excluding hydrogens is 294 g/mol. The number of benzene rings is 1. The Morgan fingerprint density at radius 3 is 2.40 bits per heavy atom. The minimum Gasteiger partial charge on any atom is -0.382 e. The molecule has 2 rings (SSSR count). The summed E-state index contributed by atoms with van der Waals surface area (Å²) < 4.78 is 27.3. The number of anilines is 2. The molecule has 0 aliphatic heterocycles. The van der Waals surface area contributed by atoms with Gasteiger partial charge in [-0.1, -0.05) is 31.2 Å². The van der Waals surface area contributed by atoms with Gasteiger partial charge in [0.05, 0.1) is 0 Å². The Kier molecular flexibility index (Phi) is 4.29. The van der Waals surface area contributed by atoms with Crippen LogP contribution >= 0.6 is 11.5 Å². The second-order valence-electron chi connectivity index (χ2n) is 4.52. The summed E-state index contributed by atoms with van der Waals surface area (Å²) in [6.07, 6.45) is 2.13. The number of nitrogens with zero attached hydrogens (tertiary/aromatic N) is 1. The number of rotatable bonds is 5. The lowest BCUT2D eigenvalue weighted by molar-refractivity contribution is 0.602. The molecule has 0 aliphatic carbocycles. The molecular formula is C13H17N3O2S2. The summed E-state index contributed by atoms with van der Waals surface area (Å²) in [5.41, 5.74) is 7.96. The average Bonchev–Trinajstić information content (AvgIpc) is 2.78. The number of sulfone groups is 1. The smallest absolute Gasteiger partial charge is 0.182 e. The van der Waals surface area contributed by atoms with E-state index < -0.39 is 9.84 Å². The number of nitrogens with one attached hydrogen (secondary N) is 1. The molecule has 2 aromatic rings. The van der Waals surface area contributed by atoms with Gasteiger partial charge in [0.1, 0.15) is 9.90 Å². The van der Waals surface area contributed by atoms with E-state index >= 15 is 0 Å². The van der Waals surface area contributed by atoms with Gasteiger partial charge in [0.15, 0.2) is 15.7 Å². The quantitative estimate of drug-likeness (QED) is 0.885. The molecule has 0 saturated carbocycles. The van der Waals surface area contributed by atoms with Crippen LogP contribution in [0.4, 0.5) is 10.8 Å². The van der Waals surface area contributed by atoms with Crippen LogP contribution in [-0.2, 0) is 22.8 Å². The first kappa shape index (κ1) is 14.8. The maximum absolute atomic E-state index is 11.7. The summed E-state index contributed by atoms with van der Waals surface area (Å²) >= 11 is 1.06. The summed E-state index contributed by atoms with van der Waals surface area (Å²) in [4.78, 5) is 0.0904. The first-order valence-corrected chi connectivity index (χ1v) is 8.85. The van der Waals surface area contributed by atoms with Gasteiger partial charge in [-0.2, -0.15) is 4.37 Å². The minimum atomic E-state index is -3.38. The van der Waals surface area contributed by atoms with E-state index in [1.807, 2.05) is 12.1 Å². The molecule has 7 heteroatoms. The molecule has 0 bridgehead atoms. The van der Waals surface area contributed by atoms with Crippen molar-refractivity contribution >= 4 is 32.2 Å². The van der Waals surface area contributed by atoms with Gasteiger partial charge in [-0.25, -0.2) is 8.42 Å². The number of nitrogen functional groups attached to an aromatic ring is 1. The topological polar surface area (TPSA) is 85.1 Å². The number of aromatic nitrogens is 1. The van der Waals surface area contributed by atoms with Gasteiger partial charge in [0.25, 0.3) is 0 Å². The van der Waals surface area contributed by atoms with Gasteiger partial charge >= 0.3 is 0 Å². The predicted molar refractivity (Wildman–Crippen MR) is 82.8 cm³/mol. The van der Waals surface area contributed by atoms with Crippen molar-refractivity contribution < 1.29 is 8.42 Å². The van der Waals surface area contributed by atoms with Crippen molar-refractivity contribution in [1.29, 1.82) is 0 Å². The van der Waals surface area contributed by atoms with Crippen molar-refractivity contribution in [3.63, 3.8) is 0 Å². The molecule has 0 radical (unpaired) electrons. The number of aryl methyl sites for hydroxylation is 1. The third-order valence-corrected chi connectivity index (χ3v) is 5.03. The van der Waals surface area contributed by atoms with Crippen LogP contribution in [0.1, 0.15) is 18.1 Å². The fourth-order valence-electron chi connectivity index (χ4n) is 1.84. The Labute approximate surface area is 122 Å². The minimum absolute atomic E-state index is 0.0568. The molecule has 0 aliphatic rings. The molecule has 0 unspecified atom stereocenters. The fraction of sp³-hybridized carbons (Fsp3) is 0.308. The van der Waals surface area contributed by atoms with Gasteiger partial charge in [0, 0.05) is 12.8 Å². The van der Waals surface area contributed by atoms with Crippen LogP contribution in [0.25, 0.3) is 0 Å². The number of hydrogen-bond donors (Lipinski definition) is 2. The van der Waals surface area contributed by atoms with Crippen molar-refractivity contribution in [2.24, 2.45) is 0 Å². The Hall–Kier alpha value is -1.60. The van der Waals surface area contributed by atoms with E-state index in [0.29, 0.717) is 11.5 Å². The monoisotopic (exact) mass is 311 g/mol. The van der Waals surface area contributed by atoms with E-state index in [4.69, 9.17) is 5.73 Å². The molecule has 5 nitrogen and oxygen atoms in total. The lowest BCUT2D eigenvalue weighted by atomic mass is 10.1. The SMILES string of the molecule is CCc1ccc(CNc2snc(N)c2S(C)(=O)=O)cc1. The Morgan fingerprint density at radius 1 is 1.25 bits per heavy atom. The van der Waals surface area contributed by atoms with Gasteiger partial charge < -0.3 is 11.1 Å². The first-order chi connectivity index (χ1) is 9.41. The van der Waals surface area contributed by atoms with Crippen molar-refractivity contribution in [3.8, 4) is 0 Å². The fourth-order valence-corrected chi connectivity index (χ4v) is 3.90. The summed E-state index contributed by atoms with van der Waals surface area (Å²) in [6.45, 7) is 2.64. The van der Waals surface area contributed by atoms with Gasteiger partial charge in [-0.15, -0.1) is 0 Å². The maximum Gasteiger partial charge on any atom is 0.182 e. The molecule has 3 N–H and O–H groups in total. The average molecular weight is 311 g/mol. The molecule has 0 atom stereocenters. The lowest BCUT2D eigenvalue weighted by Gasteiger charge is -2.06. The molecule has 0 amide bonds. The van der Waals surface area contributed by atoms with Crippen LogP contribution < -0.4 is 11.1 Å². The zero-order valence-corrected chi connectivity index (χ0v) is 13.0. The Bertz CT molecular complexity index is 691. The third-order valence-electron chi connectivity index (χ3n) is 2.93. The van der Waals surface area contributed by atoms with Crippen LogP contribution in [-0.4, -0.2) is 19.0 Å². The Balaban J connectivity index is 2.15. The summed E-state index contributed by atoms with van der Waals surface area (Å²) in [6, 6.07) is 8.18. The Morgan fingerprint density at radius 2 is 1.85 bits per heavy atom. The molecule has 20 heavy (non-hydrogen) atoms. The second-order valence-corrected chi connectivity index (χ2v) is 7.25. The molecule has 0 spiro atoms. The molecule has 1 aromatic heterocycles. The molecule has 108 valence electrons. The summed E-state index contributed by atoms with van der Waals surface area (Å²) in [5.74, 6) is 0.0568. The first-order valence-electron chi connectivity index (χ1n) is 6.18. The highest BCUT2D eigenvalue weighted by molar-refractivity contribution is 7.91. The van der Waals surface area contributed by atoms with Crippen LogP contribution in [0, 0.1) is 0 Å². The standard InChI is InChI=1S/C13H17N3O2S2/c1-3-9-4-6-10(7-5-9)8-15-13-11(20(2,17)18)12(14)16-19-13/h4-7,15H,3,8H2,1-2H3,(H2,14,16). The number of hydrogen-bond acceptors (Lipinski definition) is 6. The lowest BCUT2D eigenvalue weighted by Crippen LogP contribution is -2.05. The summed E-state index contributed by atoms with van der Waals surface area (Å²) in [7, 11) is -3.38. The van der Waals surface area contributed by atoms with E-state index in [1.165, 1.54) is 5.56 Å². The van der Waals surface area contributed by atoms with Crippen LogP contribution in [0.15, 0.2) is 29.2 Å². The van der Waals surface area contributed by atoms with E-state index in [0.717, 1.165) is 29.8 Å². The third kappa shape index (κ3) is 3.29. The van der Waals surface area contributed by atoms with Crippen LogP contribution in [0.3, 0.4) is 0 Å². The second kappa shape index (κ2) is 5.80. The van der Waals surface area contributed by atoms with E-state index in [9.17, 15) is 8.42 Å². The van der Waals surface area contributed by atoms with E-state index in [2.05, 4.69) is 28.7 Å². The zero-order valence-electron chi connectivity index (χ0n) is 11.4. The van der Waals surface area contributed by atoms with E-state index in [1.54, 1.807) is 0 Å². The largest absolute Gasteiger partial charge is 0.382 e. The van der Waals surface area contributed by atoms with E-state index in [-0.39, 0.29) is 10.7 Å². The van der Waals surface area contributed by atoms with Crippen LogP contribution in [0.2, 0.25) is 0 Å². The molecule has 0 fully saturated rings. The molecule has 1 aromatic carbocycles. The zero-order chi connectivity index (χ0) is 14.8. The molecule has 0 saturated heterocycles. The summed E-state index contributed by atoms with van der Waals surface area (Å²) in [5, 5.41) is 3.58. The highest BCUT2D eigenvalue weighted by atomic mass is 32.2. The molecule has 1 heterocycles. The predicted octanol–water partition coefficient (Wildman–Crippen LogP) is 2.30. The van der Waals surface area contributed by atoms with Gasteiger partial charge in [-0.05, 0) is 29.1 Å². The van der Waals surface area contributed by atoms with Crippen LogP contribution in [0.5, 0.6) is 0 Å². The van der Waals surface area contributed by atoms with Crippen molar-refractivity contribution in [2.45, 2.75) is 24.8 Å². The highest BCUT2D eigenvalue weighted by Gasteiger charge is 2.20. The van der Waals surface area contributed by atoms with Crippen molar-refractivity contribution in [2.75, 3.05) is 17.3 Å².